The monoisotopic (exact) mass is 680 g/mol. The molecule has 2 aliphatic rings. The van der Waals surface area contributed by atoms with Crippen LogP contribution in [0.3, 0.4) is 0 Å². The number of aliphatic imine (C=N–C) groups is 1. The highest BCUT2D eigenvalue weighted by molar-refractivity contribution is 5.67. The van der Waals surface area contributed by atoms with Crippen LogP contribution in [0.5, 0.6) is 0 Å². The summed E-state index contributed by atoms with van der Waals surface area (Å²) in [5.74, 6) is 0.971. The minimum atomic E-state index is -4.72. The minimum Gasteiger partial charge on any atom is -0.381 e. The molecule has 0 bridgehead atoms. The number of alkyl halides is 5. The van der Waals surface area contributed by atoms with Gasteiger partial charge in [0.05, 0.1) is 5.56 Å². The van der Waals surface area contributed by atoms with Crippen molar-refractivity contribution in [2.45, 2.75) is 86.2 Å². The van der Waals surface area contributed by atoms with E-state index in [1.807, 2.05) is 27.7 Å². The van der Waals surface area contributed by atoms with Gasteiger partial charge in [0.15, 0.2) is 0 Å². The molecule has 0 saturated carbocycles. The van der Waals surface area contributed by atoms with Gasteiger partial charge in [-0.05, 0) is 102 Å². The molecule has 10 heteroatoms. The van der Waals surface area contributed by atoms with Crippen LogP contribution in [-0.2, 0) is 16.4 Å². The molecule has 1 heterocycles. The van der Waals surface area contributed by atoms with Gasteiger partial charge in [-0.2, -0.15) is 13.2 Å². The predicted octanol–water partition coefficient (Wildman–Crippen LogP) is 10.0. The van der Waals surface area contributed by atoms with Crippen LogP contribution in [-0.4, -0.2) is 75.0 Å². The molecule has 1 saturated heterocycles. The Morgan fingerprint density at radius 1 is 0.958 bits per heavy atom. The fourth-order valence-corrected chi connectivity index (χ4v) is 4.67. The Hall–Kier alpha value is -3.53. The average molecular weight is 681 g/mol. The normalized spacial score (nSPS) is 16.3. The van der Waals surface area contributed by atoms with E-state index in [2.05, 4.69) is 91.8 Å². The van der Waals surface area contributed by atoms with E-state index in [-0.39, 0.29) is 5.56 Å². The summed E-state index contributed by atoms with van der Waals surface area (Å²) >= 11 is 0. The number of benzene rings is 1. The summed E-state index contributed by atoms with van der Waals surface area (Å²) in [6.07, 6.45) is 5.92. The molecule has 270 valence electrons. The highest BCUT2D eigenvalue weighted by atomic mass is 19.4. The molecule has 0 amide bonds. The molecule has 48 heavy (non-hydrogen) atoms. The number of carbonyl (C=O) groups excluding carboxylic acids is 1. The number of aldehydes is 1. The van der Waals surface area contributed by atoms with Gasteiger partial charge in [-0.3, -0.25) is 0 Å². The molecular formula is C38H57F5N4O. The fourth-order valence-electron chi connectivity index (χ4n) is 4.67. The van der Waals surface area contributed by atoms with E-state index in [1.165, 1.54) is 36.3 Å². The summed E-state index contributed by atoms with van der Waals surface area (Å²) in [6.45, 7) is 23.2. The number of halogens is 5. The first-order chi connectivity index (χ1) is 22.5. The van der Waals surface area contributed by atoms with Gasteiger partial charge < -0.3 is 19.5 Å². The van der Waals surface area contributed by atoms with Crippen LogP contribution in [0, 0.1) is 0 Å². The zero-order valence-electron chi connectivity index (χ0n) is 30.8. The highest BCUT2D eigenvalue weighted by Crippen LogP contribution is 2.36. The first kappa shape index (κ1) is 44.5. The van der Waals surface area contributed by atoms with Crippen molar-refractivity contribution in [1.82, 2.24) is 14.7 Å². The third-order valence-electron chi connectivity index (χ3n) is 7.75. The van der Waals surface area contributed by atoms with Gasteiger partial charge in [-0.25, -0.2) is 13.8 Å². The Labute approximate surface area is 286 Å². The summed E-state index contributed by atoms with van der Waals surface area (Å²) in [7, 11) is 6.38. The Kier molecular flexibility index (Phi) is 19.9. The van der Waals surface area contributed by atoms with Gasteiger partial charge in [0.2, 0.25) is 0 Å². The van der Waals surface area contributed by atoms with Crippen LogP contribution in [0.25, 0.3) is 0 Å². The lowest BCUT2D eigenvalue weighted by Crippen LogP contribution is -2.28. The van der Waals surface area contributed by atoms with Gasteiger partial charge in [0.25, 0.3) is 6.43 Å². The number of carbonyl (C=O) groups is 1. The van der Waals surface area contributed by atoms with E-state index in [1.54, 1.807) is 0 Å². The van der Waals surface area contributed by atoms with Crippen molar-refractivity contribution in [2.75, 3.05) is 47.3 Å². The molecule has 5 nitrogen and oxygen atoms in total. The zero-order chi connectivity index (χ0) is 37.2. The molecule has 1 aliphatic carbocycles. The molecule has 0 aromatic heterocycles. The minimum absolute atomic E-state index is 0.0809. The number of hydrogen-bond acceptors (Lipinski definition) is 5. The lowest BCUT2D eigenvalue weighted by Gasteiger charge is -2.25. The van der Waals surface area contributed by atoms with Crippen LogP contribution >= 0.6 is 0 Å². The maximum absolute atomic E-state index is 12.6. The Bertz CT molecular complexity index is 1320. The van der Waals surface area contributed by atoms with Crippen LogP contribution in [0.15, 0.2) is 81.8 Å². The number of allylic oxidation sites excluding steroid dienone is 9. The largest absolute Gasteiger partial charge is 0.416 e. The molecule has 1 aromatic rings. The summed E-state index contributed by atoms with van der Waals surface area (Å²) in [5, 5.41) is 0. The number of hydrogen-bond donors (Lipinski definition) is 0. The van der Waals surface area contributed by atoms with Gasteiger partial charge in [0.1, 0.15) is 12.1 Å². The molecular weight excluding hydrogens is 623 g/mol. The number of likely N-dealkylation sites (N-methyl/N-ethyl adjacent to an activating group) is 1. The van der Waals surface area contributed by atoms with E-state index < -0.39 is 29.1 Å². The first-order valence-electron chi connectivity index (χ1n) is 16.5. The van der Waals surface area contributed by atoms with E-state index in [9.17, 15) is 26.7 Å². The lowest BCUT2D eigenvalue weighted by atomic mass is 9.84. The van der Waals surface area contributed by atoms with E-state index >= 15 is 0 Å². The molecule has 1 fully saturated rings. The summed E-state index contributed by atoms with van der Waals surface area (Å²) < 4.78 is 62.8. The van der Waals surface area contributed by atoms with Crippen molar-refractivity contribution in [3.63, 3.8) is 0 Å². The van der Waals surface area contributed by atoms with Gasteiger partial charge in [0, 0.05) is 56.0 Å². The van der Waals surface area contributed by atoms with Crippen molar-refractivity contribution < 1.29 is 26.7 Å². The van der Waals surface area contributed by atoms with Gasteiger partial charge >= 0.3 is 6.18 Å². The molecule has 0 radical (unpaired) electrons. The number of nitrogens with zero attached hydrogens (tertiary/aromatic N) is 4. The molecule has 0 unspecified atom stereocenters. The van der Waals surface area contributed by atoms with E-state index in [0.29, 0.717) is 12.4 Å². The molecule has 3 rings (SSSR count). The van der Waals surface area contributed by atoms with Crippen molar-refractivity contribution in [3.05, 3.63) is 93.5 Å². The van der Waals surface area contributed by atoms with Gasteiger partial charge in [-0.1, -0.05) is 52.0 Å². The quantitative estimate of drug-likeness (QED) is 0.119. The van der Waals surface area contributed by atoms with Crippen molar-refractivity contribution >= 4 is 13.0 Å². The van der Waals surface area contributed by atoms with E-state index in [0.717, 1.165) is 57.0 Å². The summed E-state index contributed by atoms with van der Waals surface area (Å²) in [4.78, 5) is 22.1. The average Bonchev–Trinajstić information content (AvgIpc) is 3.42. The Morgan fingerprint density at radius 2 is 1.54 bits per heavy atom. The van der Waals surface area contributed by atoms with Crippen molar-refractivity contribution in [3.8, 4) is 0 Å². The smallest absolute Gasteiger partial charge is 0.381 e. The molecule has 1 aromatic carbocycles. The number of rotatable bonds is 8. The Balaban J connectivity index is 0.000000879. The second-order valence-electron chi connectivity index (χ2n) is 11.8. The van der Waals surface area contributed by atoms with Gasteiger partial charge in [-0.15, -0.1) is 0 Å². The maximum atomic E-state index is 12.6. The summed E-state index contributed by atoms with van der Waals surface area (Å²) in [5.41, 5.74) is 1.75. The zero-order valence-corrected chi connectivity index (χ0v) is 30.8. The fraction of sp³-hybridized carbons (Fsp3) is 0.526. The molecule has 0 N–H and O–H groups in total. The third kappa shape index (κ3) is 13.9. The van der Waals surface area contributed by atoms with Crippen LogP contribution in [0.1, 0.15) is 91.3 Å². The maximum Gasteiger partial charge on any atom is 0.416 e. The SMILES string of the molecule is C=N/C(=C\C(C1=C(C)C=CCC=C1)=C(/C)N(C)C)N1CCCN(C)CC1.CC.CC.CC(C)(C=O)c1cc(C(F)F)cc(C(F)(F)F)c1. The molecule has 1 aliphatic heterocycles. The van der Waals surface area contributed by atoms with E-state index in [4.69, 9.17) is 0 Å². The first-order valence-corrected chi connectivity index (χ1v) is 16.5. The second-order valence-corrected chi connectivity index (χ2v) is 11.8. The second kappa shape index (κ2) is 21.4. The highest BCUT2D eigenvalue weighted by Gasteiger charge is 2.34. The topological polar surface area (TPSA) is 39.1 Å². The molecule has 0 spiro atoms. The van der Waals surface area contributed by atoms with Crippen LogP contribution in [0.2, 0.25) is 0 Å². The summed E-state index contributed by atoms with van der Waals surface area (Å²) in [6, 6.07) is 2.05. The Morgan fingerprint density at radius 3 is 2.06 bits per heavy atom. The molecule has 0 atom stereocenters. The standard InChI is InChI=1S/C22H34N4.C12H11F5O.2C2H6/c1-18-11-8-7-9-12-20(18)21(19(2)24(4)5)17-22(23-3)26-14-10-13-25(6)15-16-26;1-11(2,6-18)8-3-7(10(13)14)4-9(5-8)12(15,16)17;2*1-2/h8-9,11-12,17H,3,7,10,13-16H2,1-2,4-6H3;3-6,10H,1-2H3;2*1-2H3/b21-19-,22-17+;;;. The van der Waals surface area contributed by atoms with Crippen LogP contribution in [0.4, 0.5) is 22.0 Å². The van der Waals surface area contributed by atoms with Crippen LogP contribution < -0.4 is 0 Å². The van der Waals surface area contributed by atoms with Crippen molar-refractivity contribution in [2.24, 2.45) is 4.99 Å². The third-order valence-corrected chi connectivity index (χ3v) is 7.75. The lowest BCUT2D eigenvalue weighted by molar-refractivity contribution is -0.137. The van der Waals surface area contributed by atoms with Crippen molar-refractivity contribution in [1.29, 1.82) is 0 Å². The predicted molar refractivity (Wildman–Crippen MR) is 191 cm³/mol.